The first-order chi connectivity index (χ1) is 11.1. The van der Waals surface area contributed by atoms with E-state index in [0.29, 0.717) is 41.9 Å². The van der Waals surface area contributed by atoms with Crippen LogP contribution in [-0.4, -0.2) is 27.3 Å². The molecule has 0 atom stereocenters. The van der Waals surface area contributed by atoms with E-state index >= 15 is 0 Å². The van der Waals surface area contributed by atoms with Crippen LogP contribution in [0.5, 0.6) is 11.6 Å². The second-order valence-electron chi connectivity index (χ2n) is 4.47. The van der Waals surface area contributed by atoms with Crippen molar-refractivity contribution >= 4 is 40.5 Å². The second kappa shape index (κ2) is 8.07. The van der Waals surface area contributed by atoms with Gasteiger partial charge in [0, 0.05) is 0 Å². The lowest BCUT2D eigenvalue weighted by Crippen LogP contribution is -2.07. The van der Waals surface area contributed by atoms with Gasteiger partial charge < -0.3 is 9.47 Å². The number of nitrogens with zero attached hydrogens (tertiary/aromatic N) is 4. The number of thiocarbonyl (C=S) groups is 1. The molecule has 0 fully saturated rings. The third-order valence-corrected chi connectivity index (χ3v) is 3.24. The van der Waals surface area contributed by atoms with E-state index in [-0.39, 0.29) is 4.32 Å². The summed E-state index contributed by atoms with van der Waals surface area (Å²) in [6.07, 6.45) is 0. The van der Waals surface area contributed by atoms with Crippen LogP contribution in [0.4, 0.5) is 11.4 Å². The molecular weight excluding hydrogens is 332 g/mol. The van der Waals surface area contributed by atoms with Crippen LogP contribution in [0.3, 0.4) is 0 Å². The third kappa shape index (κ3) is 4.08. The Hall–Kier alpha value is -1.93. The molecule has 23 heavy (non-hydrogen) atoms. The molecule has 2 aromatic rings. The van der Waals surface area contributed by atoms with Crippen molar-refractivity contribution < 1.29 is 9.47 Å². The maximum Gasteiger partial charge on any atom is 0.246 e. The number of para-hydroxylation sites is 1. The Bertz CT molecular complexity index is 728. The van der Waals surface area contributed by atoms with Gasteiger partial charge in [-0.15, -0.1) is 22.9 Å². The summed E-state index contributed by atoms with van der Waals surface area (Å²) in [5, 5.41) is 12.8. The van der Waals surface area contributed by atoms with Crippen molar-refractivity contribution in [1.29, 1.82) is 0 Å². The van der Waals surface area contributed by atoms with Gasteiger partial charge in [-0.25, -0.2) is 0 Å². The van der Waals surface area contributed by atoms with Gasteiger partial charge in [0.25, 0.3) is 0 Å². The largest absolute Gasteiger partial charge is 0.492 e. The van der Waals surface area contributed by atoms with E-state index < -0.39 is 0 Å². The molecule has 0 radical (unpaired) electrons. The number of azo groups is 1. The smallest absolute Gasteiger partial charge is 0.246 e. The van der Waals surface area contributed by atoms with Crippen LogP contribution in [0, 0.1) is 6.92 Å². The van der Waals surface area contributed by atoms with Crippen LogP contribution in [0.25, 0.3) is 0 Å². The molecule has 0 saturated carbocycles. The SMILES string of the molecule is CCOc1ccccc1N=Nc1c(C)nn(C(=S)S)c1OCC. The summed E-state index contributed by atoms with van der Waals surface area (Å²) in [7, 11) is 0. The van der Waals surface area contributed by atoms with Crippen LogP contribution in [0.15, 0.2) is 34.5 Å². The molecule has 0 aliphatic carbocycles. The molecule has 2 rings (SSSR count). The van der Waals surface area contributed by atoms with Gasteiger partial charge in [0.15, 0.2) is 10.0 Å². The van der Waals surface area contributed by atoms with E-state index in [1.165, 1.54) is 4.68 Å². The highest BCUT2D eigenvalue weighted by molar-refractivity contribution is 8.11. The Morgan fingerprint density at radius 3 is 2.57 bits per heavy atom. The lowest BCUT2D eigenvalue weighted by atomic mass is 10.3. The predicted octanol–water partition coefficient (Wildman–Crippen LogP) is 4.47. The highest BCUT2D eigenvalue weighted by atomic mass is 32.1. The Labute approximate surface area is 145 Å². The highest BCUT2D eigenvalue weighted by Crippen LogP contribution is 2.35. The number of rotatable bonds is 6. The first-order valence-corrected chi connectivity index (χ1v) is 8.03. The van der Waals surface area contributed by atoms with E-state index in [1.807, 2.05) is 45.0 Å². The van der Waals surface area contributed by atoms with Gasteiger partial charge >= 0.3 is 0 Å². The molecule has 8 heteroatoms. The fraction of sp³-hybridized carbons (Fsp3) is 0.333. The minimum Gasteiger partial charge on any atom is -0.492 e. The average molecular weight is 350 g/mol. The maximum atomic E-state index is 5.60. The summed E-state index contributed by atoms with van der Waals surface area (Å²) in [5.74, 6) is 1.11. The number of benzene rings is 1. The summed E-state index contributed by atoms with van der Waals surface area (Å²) >= 11 is 9.21. The van der Waals surface area contributed by atoms with E-state index in [4.69, 9.17) is 21.7 Å². The number of aromatic nitrogens is 2. The Morgan fingerprint density at radius 2 is 1.91 bits per heavy atom. The molecule has 122 valence electrons. The maximum absolute atomic E-state index is 5.60. The van der Waals surface area contributed by atoms with Gasteiger partial charge in [0.2, 0.25) is 5.88 Å². The predicted molar refractivity (Wildman–Crippen MR) is 96.9 cm³/mol. The molecule has 1 heterocycles. The van der Waals surface area contributed by atoms with Gasteiger partial charge in [-0.2, -0.15) is 9.78 Å². The molecule has 0 bridgehead atoms. The third-order valence-electron chi connectivity index (χ3n) is 2.87. The zero-order valence-electron chi connectivity index (χ0n) is 13.2. The Kier molecular flexibility index (Phi) is 6.12. The quantitative estimate of drug-likeness (QED) is 0.474. The van der Waals surface area contributed by atoms with Crippen molar-refractivity contribution in [1.82, 2.24) is 9.78 Å². The van der Waals surface area contributed by atoms with Gasteiger partial charge in [-0.3, -0.25) is 0 Å². The summed E-state index contributed by atoms with van der Waals surface area (Å²) in [5.41, 5.74) is 1.81. The summed E-state index contributed by atoms with van der Waals surface area (Å²) in [6, 6.07) is 7.44. The van der Waals surface area contributed by atoms with Gasteiger partial charge in [-0.05, 0) is 32.9 Å². The molecule has 1 aromatic heterocycles. The molecule has 1 aromatic carbocycles. The van der Waals surface area contributed by atoms with Crippen LogP contribution >= 0.6 is 24.8 Å². The van der Waals surface area contributed by atoms with E-state index in [9.17, 15) is 0 Å². The molecular formula is C15H18N4O2S2. The summed E-state index contributed by atoms with van der Waals surface area (Å²) in [4.78, 5) is 0. The average Bonchev–Trinajstić information content (AvgIpc) is 2.84. The van der Waals surface area contributed by atoms with Crippen molar-refractivity contribution in [3.05, 3.63) is 30.0 Å². The molecule has 0 spiro atoms. The van der Waals surface area contributed by atoms with E-state index in [1.54, 1.807) is 0 Å². The molecule has 0 N–H and O–H groups in total. The first kappa shape index (κ1) is 17.4. The monoisotopic (exact) mass is 350 g/mol. The van der Waals surface area contributed by atoms with Gasteiger partial charge in [0.05, 0.1) is 18.9 Å². The zero-order valence-corrected chi connectivity index (χ0v) is 14.9. The van der Waals surface area contributed by atoms with Crippen molar-refractivity contribution in [2.24, 2.45) is 10.2 Å². The molecule has 6 nitrogen and oxygen atoms in total. The number of aryl methyl sites for hydroxylation is 1. The fourth-order valence-electron chi connectivity index (χ4n) is 1.93. The minimum absolute atomic E-state index is 0.285. The zero-order chi connectivity index (χ0) is 16.8. The van der Waals surface area contributed by atoms with Crippen LogP contribution in [0.1, 0.15) is 19.5 Å². The van der Waals surface area contributed by atoms with Gasteiger partial charge in [-0.1, -0.05) is 24.4 Å². The molecule has 0 saturated heterocycles. The number of ether oxygens (including phenoxy) is 2. The van der Waals surface area contributed by atoms with Crippen LogP contribution in [-0.2, 0) is 0 Å². The fourth-order valence-corrected chi connectivity index (χ4v) is 2.19. The number of hydrogen-bond donors (Lipinski definition) is 1. The molecule has 0 unspecified atom stereocenters. The second-order valence-corrected chi connectivity index (χ2v) is 5.58. The number of thiol groups is 1. The molecule has 0 aliphatic rings. The van der Waals surface area contributed by atoms with Crippen LogP contribution in [0.2, 0.25) is 0 Å². The highest BCUT2D eigenvalue weighted by Gasteiger charge is 2.18. The van der Waals surface area contributed by atoms with Crippen molar-refractivity contribution in [2.75, 3.05) is 13.2 Å². The van der Waals surface area contributed by atoms with Crippen molar-refractivity contribution in [3.8, 4) is 11.6 Å². The molecule has 0 aliphatic heterocycles. The topological polar surface area (TPSA) is 61.0 Å². The summed E-state index contributed by atoms with van der Waals surface area (Å²) in [6.45, 7) is 6.62. The molecule has 0 amide bonds. The van der Waals surface area contributed by atoms with Gasteiger partial charge in [0.1, 0.15) is 11.4 Å². The normalized spacial score (nSPS) is 11.0. The summed E-state index contributed by atoms with van der Waals surface area (Å²) < 4.78 is 12.8. The van der Waals surface area contributed by atoms with E-state index in [0.717, 1.165) is 0 Å². The van der Waals surface area contributed by atoms with Crippen molar-refractivity contribution in [2.45, 2.75) is 20.8 Å². The lowest BCUT2D eigenvalue weighted by molar-refractivity contribution is 0.321. The van der Waals surface area contributed by atoms with E-state index in [2.05, 4.69) is 28.0 Å². The minimum atomic E-state index is 0.285. The van der Waals surface area contributed by atoms with Crippen molar-refractivity contribution in [3.63, 3.8) is 0 Å². The Morgan fingerprint density at radius 1 is 1.22 bits per heavy atom. The standard InChI is InChI=1S/C15H18N4O2S2/c1-4-20-12-9-7-6-8-11(12)16-17-13-10(3)18-19(15(22)23)14(13)21-5-2/h6-9H,4-5H2,1-3H3,(H,22,23). The Balaban J connectivity index is 2.42. The first-order valence-electron chi connectivity index (χ1n) is 7.17. The lowest BCUT2D eigenvalue weighted by Gasteiger charge is -2.06. The number of hydrogen-bond acceptors (Lipinski definition) is 6. The van der Waals surface area contributed by atoms with Crippen LogP contribution < -0.4 is 9.47 Å².